The van der Waals surface area contributed by atoms with Gasteiger partial charge in [0.1, 0.15) is 11.4 Å². The van der Waals surface area contributed by atoms with Crippen molar-refractivity contribution in [1.29, 1.82) is 0 Å². The maximum Gasteiger partial charge on any atom is 0.195 e. The van der Waals surface area contributed by atoms with Gasteiger partial charge in [-0.25, -0.2) is 0 Å². The fourth-order valence-corrected chi connectivity index (χ4v) is 8.36. The third kappa shape index (κ3) is 2.77. The van der Waals surface area contributed by atoms with Crippen LogP contribution < -0.4 is 0 Å². The van der Waals surface area contributed by atoms with Crippen LogP contribution in [0.4, 0.5) is 0 Å². The second kappa shape index (κ2) is 8.08. The molecule has 2 aliphatic carbocycles. The van der Waals surface area contributed by atoms with Crippen LogP contribution in [0.1, 0.15) is 45.7 Å². The van der Waals surface area contributed by atoms with Crippen molar-refractivity contribution in [2.24, 2.45) is 0 Å². The summed E-state index contributed by atoms with van der Waals surface area (Å²) in [5, 5.41) is 0. The Bertz CT molecular complexity index is 1670. The Balaban J connectivity index is 1.64. The first kappa shape index (κ1) is 25.5. The van der Waals surface area contributed by atoms with Crippen LogP contribution in [0.3, 0.4) is 0 Å². The Kier molecular flexibility index (Phi) is 5.16. The van der Waals surface area contributed by atoms with Crippen LogP contribution in [0.5, 0.6) is 0 Å². The van der Waals surface area contributed by atoms with Crippen molar-refractivity contribution < 1.29 is 17.4 Å². The minimum absolute atomic E-state index is 0.0621. The average molecular weight is 561 g/mol. The summed E-state index contributed by atoms with van der Waals surface area (Å²) in [5.41, 5.74) is 5.44. The molecule has 0 amide bonds. The molecule has 40 heavy (non-hydrogen) atoms. The zero-order valence-corrected chi connectivity index (χ0v) is 24.4. The van der Waals surface area contributed by atoms with Crippen LogP contribution in [-0.2, 0) is 25.6 Å². The smallest absolute Gasteiger partial charge is 0.195 e. The van der Waals surface area contributed by atoms with E-state index >= 15 is 0 Å². The number of hydrogen-bond acceptors (Lipinski definition) is 4. The van der Waals surface area contributed by atoms with E-state index in [0.717, 1.165) is 33.7 Å². The summed E-state index contributed by atoms with van der Waals surface area (Å²) in [4.78, 5) is 28.8. The van der Waals surface area contributed by atoms with Gasteiger partial charge in [-0.05, 0) is 24.3 Å². The molecule has 3 aromatic rings. The predicted octanol–water partition coefficient (Wildman–Crippen LogP) is 6.12. The molecule has 0 spiro atoms. The molecule has 0 radical (unpaired) electrons. The highest BCUT2D eigenvalue weighted by Gasteiger charge is 2.72. The number of hydrogen-bond donors (Lipinski definition) is 0. The van der Waals surface area contributed by atoms with E-state index in [1.807, 2.05) is 86.9 Å². The minimum atomic E-state index is -0.854. The monoisotopic (exact) mass is 560 g/mol. The van der Waals surface area contributed by atoms with Gasteiger partial charge in [0.05, 0.1) is 14.1 Å². The van der Waals surface area contributed by atoms with Crippen molar-refractivity contribution in [2.75, 3.05) is 14.1 Å². The molecular formula is C34H28N2O2S2. The first-order chi connectivity index (χ1) is 19.0. The molecule has 0 N–H and O–H groups in total. The van der Waals surface area contributed by atoms with Gasteiger partial charge in [-0.2, -0.15) is 0 Å². The van der Waals surface area contributed by atoms with E-state index in [9.17, 15) is 9.59 Å². The fraction of sp³-hybridized carbons (Fsp3) is 0.176. The summed E-state index contributed by atoms with van der Waals surface area (Å²) in [5.74, 6) is -0.275. The van der Waals surface area contributed by atoms with Gasteiger partial charge >= 0.3 is 0 Å². The molecule has 0 aromatic heterocycles. The van der Waals surface area contributed by atoms with E-state index in [4.69, 9.17) is 25.6 Å². The largest absolute Gasteiger partial charge is 0.487 e. The van der Waals surface area contributed by atoms with Crippen molar-refractivity contribution in [3.63, 3.8) is 0 Å². The number of rotatable bonds is 2. The highest BCUT2D eigenvalue weighted by molar-refractivity contribution is 7.52. The Hall–Kier alpha value is -3.42. The van der Waals surface area contributed by atoms with Gasteiger partial charge < -0.3 is 33.4 Å². The summed E-state index contributed by atoms with van der Waals surface area (Å²) in [6.07, 6.45) is 4.13. The van der Waals surface area contributed by atoms with Crippen LogP contribution in [-0.4, -0.2) is 44.5 Å². The van der Waals surface area contributed by atoms with Crippen molar-refractivity contribution >= 4 is 48.6 Å². The maximum absolute atomic E-state index is 14.4. The normalized spacial score (nSPS) is 32.4. The lowest BCUT2D eigenvalue weighted by Crippen LogP contribution is -2.75. The maximum atomic E-state index is 14.4. The Morgan fingerprint density at radius 2 is 0.875 bits per heavy atom. The second-order valence-corrected chi connectivity index (χ2v) is 13.0. The number of allylic oxidation sites excluding steroid dienone is 2. The molecule has 0 saturated heterocycles. The number of carbonyl (C=O) groups excluding carboxylic acids is 2. The zero-order valence-electron chi connectivity index (χ0n) is 22.8. The van der Waals surface area contributed by atoms with E-state index < -0.39 is 11.1 Å². The molecular weight excluding hydrogens is 533 g/mol. The van der Waals surface area contributed by atoms with E-state index in [1.165, 1.54) is 0 Å². The van der Waals surface area contributed by atoms with E-state index in [2.05, 4.69) is 26.0 Å². The Morgan fingerprint density at radius 3 is 1.23 bits per heavy atom. The number of quaternary nitrogens is 2. The van der Waals surface area contributed by atoms with Gasteiger partial charge in [0, 0.05) is 70.5 Å². The summed E-state index contributed by atoms with van der Waals surface area (Å²) in [6.45, 7) is 4.27. The first-order valence-electron chi connectivity index (χ1n) is 13.4. The van der Waals surface area contributed by atoms with Crippen molar-refractivity contribution in [3.05, 3.63) is 142 Å². The molecule has 7 rings (SSSR count). The molecule has 2 heterocycles. The predicted molar refractivity (Wildman–Crippen MR) is 162 cm³/mol. The van der Waals surface area contributed by atoms with E-state index in [1.54, 1.807) is 12.1 Å². The van der Waals surface area contributed by atoms with Crippen LogP contribution in [0.2, 0.25) is 0 Å². The van der Waals surface area contributed by atoms with Gasteiger partial charge in [-0.15, -0.1) is 0 Å². The molecule has 3 aromatic carbocycles. The molecule has 0 fully saturated rings. The van der Waals surface area contributed by atoms with Gasteiger partial charge in [-0.3, -0.25) is 9.59 Å². The topological polar surface area (TPSA) is 34.1 Å². The first-order valence-corrected chi connectivity index (χ1v) is 14.1. The Labute approximate surface area is 245 Å². The number of Topliss-reactive ketones (excluding diaryl/α,β-unsaturated/α-hetero) is 2. The lowest BCUT2D eigenvalue weighted by Gasteiger charge is -2.65. The molecule has 198 valence electrons. The lowest BCUT2D eigenvalue weighted by atomic mass is 9.60. The number of likely N-dealkylation sites (N-methyl/N-ethyl adjacent to an activating group) is 2. The fourth-order valence-electron chi connectivity index (χ4n) is 7.50. The molecule has 4 nitrogen and oxygen atoms in total. The summed E-state index contributed by atoms with van der Waals surface area (Å²) < 4.78 is 0.124. The van der Waals surface area contributed by atoms with Gasteiger partial charge in [0.2, 0.25) is 0 Å². The molecule has 6 heteroatoms. The number of benzene rings is 3. The number of carbonyl (C=O) groups is 2. The molecule has 0 bridgehead atoms. The van der Waals surface area contributed by atoms with Gasteiger partial charge in [0.15, 0.2) is 22.6 Å². The number of fused-ring (bicyclic) bond motifs is 5. The van der Waals surface area contributed by atoms with Gasteiger partial charge in [-0.1, -0.05) is 60.7 Å². The summed E-state index contributed by atoms with van der Waals surface area (Å²) in [7, 11) is 4.04. The zero-order chi connectivity index (χ0) is 28.2. The Morgan fingerprint density at radius 1 is 0.550 bits per heavy atom. The molecule has 4 aliphatic rings. The number of ketones is 2. The summed E-state index contributed by atoms with van der Waals surface area (Å²) in [6, 6.07) is 27.2. The highest BCUT2D eigenvalue weighted by Crippen LogP contribution is 2.65. The SMILES string of the molecule is C[C@@]12C(=C3C(=O)c4ccccc4C(=O)C3=C3C=C(c4ccccc4)[N+](C)([S-])[C@]31C)C=C(c1ccccc1)[N+]2(C)[S-]. The third-order valence-electron chi connectivity index (χ3n) is 9.98. The molecule has 0 saturated carbocycles. The molecule has 4 atom stereocenters. The van der Waals surface area contributed by atoms with Gasteiger partial charge in [0.25, 0.3) is 0 Å². The quantitative estimate of drug-likeness (QED) is 0.280. The van der Waals surface area contributed by atoms with Crippen LogP contribution >= 0.6 is 0 Å². The van der Waals surface area contributed by atoms with Crippen LogP contribution in [0.25, 0.3) is 11.4 Å². The highest BCUT2D eigenvalue weighted by atomic mass is 32.1. The standard InChI is InChI=1S/C34H28N2O2S2/c1-33-25(19-27(35(33,3)39)21-13-7-5-8-14-21)29-30(32(38)24-18-12-11-17-23(24)31(29)37)26-20-28(22-15-9-6-10-16-22)36(4,40)34(26,33)2/h5-20H,1-4H3/t33-,34-,35?,36?/m1/s1. The van der Waals surface area contributed by atoms with Crippen LogP contribution in [0.15, 0.2) is 119 Å². The van der Waals surface area contributed by atoms with E-state index in [0.29, 0.717) is 22.3 Å². The summed E-state index contributed by atoms with van der Waals surface area (Å²) >= 11 is 13.1. The lowest BCUT2D eigenvalue weighted by molar-refractivity contribution is -0.836. The van der Waals surface area contributed by atoms with E-state index in [-0.39, 0.29) is 19.3 Å². The number of nitrogens with zero attached hydrogens (tertiary/aromatic N) is 2. The minimum Gasteiger partial charge on any atom is -0.487 e. The molecule has 2 unspecified atom stereocenters. The second-order valence-electron chi connectivity index (χ2n) is 11.6. The molecule has 2 aliphatic heterocycles. The van der Waals surface area contributed by atoms with Crippen molar-refractivity contribution in [1.82, 2.24) is 0 Å². The average Bonchev–Trinajstić information content (AvgIpc) is 3.31. The van der Waals surface area contributed by atoms with Crippen molar-refractivity contribution in [2.45, 2.75) is 24.9 Å². The third-order valence-corrected chi connectivity index (χ3v) is 11.1. The van der Waals surface area contributed by atoms with Crippen molar-refractivity contribution in [3.8, 4) is 0 Å². The van der Waals surface area contributed by atoms with Crippen LogP contribution in [0, 0.1) is 0 Å².